The number of nitrogens with one attached hydrogen (secondary N) is 2. The van der Waals surface area contributed by atoms with Crippen LogP contribution in [0.25, 0.3) is 10.9 Å². The molecule has 1 atom stereocenters. The van der Waals surface area contributed by atoms with Crippen molar-refractivity contribution in [3.05, 3.63) is 37.6 Å². The average molecular weight is 299 g/mol. The summed E-state index contributed by atoms with van der Waals surface area (Å²) in [5.74, 6) is 0.507. The Bertz CT molecular complexity index is 740. The lowest BCUT2D eigenvalue weighted by Gasteiger charge is -2.13. The van der Waals surface area contributed by atoms with E-state index in [-0.39, 0.29) is 11.6 Å². The maximum Gasteiger partial charge on any atom is 0.253 e. The second kappa shape index (κ2) is 4.40. The molecule has 0 radical (unpaired) electrons. The molecule has 0 bridgehead atoms. The normalized spacial score (nSPS) is 17.8. The van der Waals surface area contributed by atoms with Crippen molar-refractivity contribution in [3.63, 3.8) is 0 Å². The van der Waals surface area contributed by atoms with E-state index in [9.17, 15) is 4.79 Å². The lowest BCUT2D eigenvalue weighted by molar-refractivity contribution is 0.415. The highest BCUT2D eigenvalue weighted by Crippen LogP contribution is 2.40. The zero-order chi connectivity index (χ0) is 13.7. The highest BCUT2D eigenvalue weighted by atomic mass is 35.5. The number of aromatic nitrogens is 1. The number of fused-ring (bicyclic) bond motifs is 3. The predicted octanol–water partition coefficient (Wildman–Crippen LogP) is 3.01. The highest BCUT2D eigenvalue weighted by Gasteiger charge is 2.25. The molecule has 0 fully saturated rings. The van der Waals surface area contributed by atoms with Crippen molar-refractivity contribution in [2.75, 3.05) is 7.11 Å². The van der Waals surface area contributed by atoms with Crippen molar-refractivity contribution in [3.8, 4) is 5.75 Å². The van der Waals surface area contributed by atoms with Gasteiger partial charge in [0.05, 0.1) is 17.6 Å². The van der Waals surface area contributed by atoms with Gasteiger partial charge in [0.15, 0.2) is 0 Å². The zero-order valence-corrected chi connectivity index (χ0v) is 11.9. The molecule has 1 aliphatic rings. The Kier molecular flexibility index (Phi) is 2.96. The topological polar surface area (TPSA) is 54.1 Å². The summed E-state index contributed by atoms with van der Waals surface area (Å²) in [6, 6.07) is 1.92. The molecule has 2 heterocycles. The molecule has 100 valence electrons. The van der Waals surface area contributed by atoms with Crippen molar-refractivity contribution in [1.82, 2.24) is 10.3 Å². The smallest absolute Gasteiger partial charge is 0.253 e. The fraction of sp³-hybridized carbons (Fsp3) is 0.308. The number of H-pyrrole nitrogens is 1. The summed E-state index contributed by atoms with van der Waals surface area (Å²) >= 11 is 12.3. The third-order valence-electron chi connectivity index (χ3n) is 3.54. The monoisotopic (exact) mass is 298 g/mol. The molecule has 2 N–H and O–H groups in total. The fourth-order valence-electron chi connectivity index (χ4n) is 2.59. The van der Waals surface area contributed by atoms with Crippen LogP contribution < -0.4 is 15.6 Å². The third kappa shape index (κ3) is 1.75. The molecule has 2 aromatic rings. The minimum absolute atomic E-state index is 0.0988. The summed E-state index contributed by atoms with van der Waals surface area (Å²) in [5.41, 5.74) is 2.16. The van der Waals surface area contributed by atoms with Gasteiger partial charge < -0.3 is 15.0 Å². The maximum absolute atomic E-state index is 12.1. The van der Waals surface area contributed by atoms with Crippen molar-refractivity contribution in [2.24, 2.45) is 0 Å². The quantitative estimate of drug-likeness (QED) is 0.851. The first-order chi connectivity index (χ1) is 9.04. The lowest BCUT2D eigenvalue weighted by atomic mass is 10.0. The molecular weight excluding hydrogens is 287 g/mol. The molecule has 0 spiro atoms. The molecule has 1 aliphatic heterocycles. The van der Waals surface area contributed by atoms with E-state index >= 15 is 0 Å². The molecule has 0 saturated heterocycles. The van der Waals surface area contributed by atoms with Crippen LogP contribution in [-0.2, 0) is 6.54 Å². The number of methoxy groups -OCH3 is 1. The molecular formula is C13H12Cl2N2O2. The lowest BCUT2D eigenvalue weighted by Crippen LogP contribution is -2.13. The number of halogens is 2. The Hall–Kier alpha value is -1.23. The van der Waals surface area contributed by atoms with E-state index in [1.54, 1.807) is 0 Å². The van der Waals surface area contributed by atoms with Crippen LogP contribution >= 0.6 is 23.2 Å². The van der Waals surface area contributed by atoms with Gasteiger partial charge in [-0.05, 0) is 18.6 Å². The van der Waals surface area contributed by atoms with Gasteiger partial charge in [-0.3, -0.25) is 4.79 Å². The van der Waals surface area contributed by atoms with Crippen LogP contribution in [0.1, 0.15) is 24.1 Å². The van der Waals surface area contributed by atoms with E-state index in [2.05, 4.69) is 10.3 Å². The first-order valence-corrected chi connectivity index (χ1v) is 6.64. The van der Waals surface area contributed by atoms with Gasteiger partial charge in [0.2, 0.25) is 0 Å². The van der Waals surface area contributed by atoms with Crippen molar-refractivity contribution in [1.29, 1.82) is 0 Å². The van der Waals surface area contributed by atoms with Gasteiger partial charge >= 0.3 is 0 Å². The number of rotatable bonds is 1. The number of aromatic amines is 1. The molecule has 0 amide bonds. The number of hydrogen-bond acceptors (Lipinski definition) is 3. The number of ether oxygens (including phenoxy) is 1. The summed E-state index contributed by atoms with van der Waals surface area (Å²) in [7, 11) is 1.54. The first kappa shape index (κ1) is 12.8. The summed E-state index contributed by atoms with van der Waals surface area (Å²) in [5, 5.41) is 4.75. The minimum atomic E-state index is -0.123. The molecule has 4 nitrogen and oxygen atoms in total. The summed E-state index contributed by atoms with van der Waals surface area (Å²) in [6.45, 7) is 2.57. The SMILES string of the molecule is COc1cc2c3c(c(=O)[nH]c2c(Cl)c1Cl)CN[C@H]3C. The fourth-order valence-corrected chi connectivity index (χ4v) is 3.06. The van der Waals surface area contributed by atoms with E-state index in [1.807, 2.05) is 13.0 Å². The van der Waals surface area contributed by atoms with Crippen molar-refractivity contribution in [2.45, 2.75) is 19.5 Å². The van der Waals surface area contributed by atoms with Gasteiger partial charge in [-0.2, -0.15) is 0 Å². The Labute approximate surface area is 119 Å². The predicted molar refractivity (Wildman–Crippen MR) is 76.4 cm³/mol. The van der Waals surface area contributed by atoms with Crippen LogP contribution in [0.5, 0.6) is 5.75 Å². The van der Waals surface area contributed by atoms with Gasteiger partial charge in [-0.15, -0.1) is 0 Å². The van der Waals surface area contributed by atoms with Crippen LogP contribution in [0.3, 0.4) is 0 Å². The van der Waals surface area contributed by atoms with Gasteiger partial charge in [0, 0.05) is 23.5 Å². The Balaban J connectivity index is 2.50. The average Bonchev–Trinajstić information content (AvgIpc) is 2.78. The molecule has 1 aromatic carbocycles. The van der Waals surface area contributed by atoms with Gasteiger partial charge in [-0.25, -0.2) is 0 Å². The molecule has 6 heteroatoms. The molecule has 19 heavy (non-hydrogen) atoms. The van der Waals surface area contributed by atoms with Gasteiger partial charge in [0.25, 0.3) is 5.56 Å². The van der Waals surface area contributed by atoms with Crippen LogP contribution in [0.15, 0.2) is 10.9 Å². The third-order valence-corrected chi connectivity index (χ3v) is 4.39. The second-order valence-electron chi connectivity index (χ2n) is 4.58. The number of hydrogen-bond donors (Lipinski definition) is 2. The Morgan fingerprint density at radius 3 is 2.79 bits per heavy atom. The minimum Gasteiger partial charge on any atom is -0.495 e. The largest absolute Gasteiger partial charge is 0.495 e. The van der Waals surface area contributed by atoms with Crippen LogP contribution in [-0.4, -0.2) is 12.1 Å². The van der Waals surface area contributed by atoms with Crippen LogP contribution in [0, 0.1) is 0 Å². The number of pyridine rings is 1. The van der Waals surface area contributed by atoms with Crippen molar-refractivity contribution < 1.29 is 4.74 Å². The van der Waals surface area contributed by atoms with Crippen LogP contribution in [0.4, 0.5) is 0 Å². The maximum atomic E-state index is 12.1. The summed E-state index contributed by atoms with van der Waals surface area (Å²) < 4.78 is 5.23. The van der Waals surface area contributed by atoms with E-state index in [1.165, 1.54) is 7.11 Å². The molecule has 0 aliphatic carbocycles. The summed E-state index contributed by atoms with van der Waals surface area (Å²) in [4.78, 5) is 14.9. The molecule has 3 rings (SSSR count). The van der Waals surface area contributed by atoms with E-state index in [0.717, 1.165) is 16.5 Å². The van der Waals surface area contributed by atoms with Gasteiger partial charge in [-0.1, -0.05) is 23.2 Å². The van der Waals surface area contributed by atoms with E-state index < -0.39 is 0 Å². The Morgan fingerprint density at radius 2 is 2.11 bits per heavy atom. The standard InChI is InChI=1S/C13H12Cl2N2O2/c1-5-9-6-3-8(19-2)10(14)11(15)12(6)17-13(18)7(9)4-16-5/h3,5,16H,4H2,1-2H3,(H,17,18)/t5-/m0/s1. The van der Waals surface area contributed by atoms with Gasteiger partial charge in [0.1, 0.15) is 10.8 Å². The second-order valence-corrected chi connectivity index (χ2v) is 5.33. The van der Waals surface area contributed by atoms with E-state index in [0.29, 0.717) is 27.9 Å². The zero-order valence-electron chi connectivity index (χ0n) is 10.4. The van der Waals surface area contributed by atoms with E-state index in [4.69, 9.17) is 27.9 Å². The van der Waals surface area contributed by atoms with Crippen molar-refractivity contribution >= 4 is 34.1 Å². The molecule has 1 aromatic heterocycles. The molecule has 0 saturated carbocycles. The molecule has 0 unspecified atom stereocenters. The Morgan fingerprint density at radius 1 is 1.37 bits per heavy atom. The number of benzene rings is 1. The highest BCUT2D eigenvalue weighted by molar-refractivity contribution is 6.46. The first-order valence-electron chi connectivity index (χ1n) is 5.88. The summed E-state index contributed by atoms with van der Waals surface area (Å²) in [6.07, 6.45) is 0. The van der Waals surface area contributed by atoms with Crippen LogP contribution in [0.2, 0.25) is 10.0 Å².